The van der Waals surface area contributed by atoms with Crippen LogP contribution >= 0.6 is 0 Å². The minimum Gasteiger partial charge on any atom is -0.486 e. The van der Waals surface area contributed by atoms with Crippen LogP contribution in [0.3, 0.4) is 0 Å². The summed E-state index contributed by atoms with van der Waals surface area (Å²) in [6.45, 7) is 1.16. The third kappa shape index (κ3) is 3.54. The van der Waals surface area contributed by atoms with Gasteiger partial charge in [0, 0.05) is 12.1 Å². The fraction of sp³-hybridized carbons (Fsp3) is 0.235. The van der Waals surface area contributed by atoms with Crippen molar-refractivity contribution < 1.29 is 14.3 Å². The SMILES string of the molecule is O=C(CCc1ccc2c(c1)OCCO2)Nc1ccccc1. The number of rotatable bonds is 4. The second-order valence-corrected chi connectivity index (χ2v) is 4.89. The van der Waals surface area contributed by atoms with Gasteiger partial charge in [-0.1, -0.05) is 24.3 Å². The highest BCUT2D eigenvalue weighted by Crippen LogP contribution is 2.31. The van der Waals surface area contributed by atoms with Crippen molar-refractivity contribution in [2.45, 2.75) is 12.8 Å². The van der Waals surface area contributed by atoms with Crippen molar-refractivity contribution in [2.24, 2.45) is 0 Å². The van der Waals surface area contributed by atoms with Gasteiger partial charge in [0.05, 0.1) is 0 Å². The van der Waals surface area contributed by atoms with Gasteiger partial charge in [0.25, 0.3) is 0 Å². The molecule has 0 saturated carbocycles. The Kier molecular flexibility index (Phi) is 4.05. The van der Waals surface area contributed by atoms with Gasteiger partial charge in [-0.15, -0.1) is 0 Å². The fourth-order valence-electron chi connectivity index (χ4n) is 2.25. The van der Waals surface area contributed by atoms with Crippen LogP contribution in [0, 0.1) is 0 Å². The molecule has 1 N–H and O–H groups in total. The predicted molar refractivity (Wildman–Crippen MR) is 80.8 cm³/mol. The van der Waals surface area contributed by atoms with Crippen LogP contribution in [0.5, 0.6) is 11.5 Å². The molecular formula is C17H17NO3. The Labute approximate surface area is 123 Å². The number of benzene rings is 2. The lowest BCUT2D eigenvalue weighted by Crippen LogP contribution is -2.15. The summed E-state index contributed by atoms with van der Waals surface area (Å²) in [5.74, 6) is 1.55. The largest absolute Gasteiger partial charge is 0.486 e. The Hall–Kier alpha value is -2.49. The van der Waals surface area contributed by atoms with Gasteiger partial charge in [0.15, 0.2) is 11.5 Å². The standard InChI is InChI=1S/C17H17NO3/c19-17(18-14-4-2-1-3-5-14)9-7-13-6-8-15-16(12-13)21-11-10-20-15/h1-6,8,12H,7,9-11H2,(H,18,19). The summed E-state index contributed by atoms with van der Waals surface area (Å²) in [7, 11) is 0. The van der Waals surface area contributed by atoms with E-state index in [1.807, 2.05) is 48.5 Å². The molecule has 4 heteroatoms. The maximum atomic E-state index is 11.9. The van der Waals surface area contributed by atoms with Gasteiger partial charge >= 0.3 is 0 Å². The maximum Gasteiger partial charge on any atom is 0.224 e. The van der Waals surface area contributed by atoms with Crippen LogP contribution in [0.15, 0.2) is 48.5 Å². The Bertz CT molecular complexity index is 625. The highest BCUT2D eigenvalue weighted by molar-refractivity contribution is 5.90. The van der Waals surface area contributed by atoms with Crippen LogP contribution in [0.25, 0.3) is 0 Å². The van der Waals surface area contributed by atoms with Gasteiger partial charge in [0.2, 0.25) is 5.91 Å². The minimum atomic E-state index is 0.0103. The molecule has 0 unspecified atom stereocenters. The van der Waals surface area contributed by atoms with E-state index >= 15 is 0 Å². The molecule has 0 fully saturated rings. The summed E-state index contributed by atoms with van der Waals surface area (Å²) < 4.78 is 11.0. The predicted octanol–water partition coefficient (Wildman–Crippen LogP) is 3.03. The lowest BCUT2D eigenvalue weighted by molar-refractivity contribution is -0.116. The monoisotopic (exact) mass is 283 g/mol. The van der Waals surface area contributed by atoms with Crippen molar-refractivity contribution >= 4 is 11.6 Å². The highest BCUT2D eigenvalue weighted by Gasteiger charge is 2.12. The zero-order chi connectivity index (χ0) is 14.5. The quantitative estimate of drug-likeness (QED) is 0.938. The molecule has 1 aliphatic heterocycles. The molecule has 1 amide bonds. The van der Waals surface area contributed by atoms with Crippen LogP contribution in [0.2, 0.25) is 0 Å². The van der Waals surface area contributed by atoms with Crippen molar-refractivity contribution in [3.63, 3.8) is 0 Å². The fourth-order valence-corrected chi connectivity index (χ4v) is 2.25. The Morgan fingerprint density at radius 1 is 1.00 bits per heavy atom. The number of carbonyl (C=O) groups excluding carboxylic acids is 1. The summed E-state index contributed by atoms with van der Waals surface area (Å²) in [5, 5.41) is 2.88. The van der Waals surface area contributed by atoms with Gasteiger partial charge in [0.1, 0.15) is 13.2 Å². The van der Waals surface area contributed by atoms with Crippen molar-refractivity contribution in [3.05, 3.63) is 54.1 Å². The molecule has 0 spiro atoms. The zero-order valence-electron chi connectivity index (χ0n) is 11.7. The summed E-state index contributed by atoms with van der Waals surface area (Å²) in [4.78, 5) is 11.9. The van der Waals surface area contributed by atoms with Gasteiger partial charge in [-0.25, -0.2) is 0 Å². The van der Waals surface area contributed by atoms with E-state index in [0.717, 1.165) is 22.7 Å². The number of fused-ring (bicyclic) bond motifs is 1. The van der Waals surface area contributed by atoms with Crippen LogP contribution in [-0.4, -0.2) is 19.1 Å². The first-order chi connectivity index (χ1) is 10.3. The first kappa shape index (κ1) is 13.5. The molecule has 4 nitrogen and oxygen atoms in total. The molecule has 0 aromatic heterocycles. The minimum absolute atomic E-state index is 0.0103. The molecule has 21 heavy (non-hydrogen) atoms. The molecule has 2 aromatic rings. The van der Waals surface area contributed by atoms with E-state index in [0.29, 0.717) is 26.1 Å². The molecule has 0 aliphatic carbocycles. The van der Waals surface area contributed by atoms with Gasteiger partial charge in [-0.2, -0.15) is 0 Å². The van der Waals surface area contributed by atoms with Crippen molar-refractivity contribution in [2.75, 3.05) is 18.5 Å². The Morgan fingerprint density at radius 2 is 1.76 bits per heavy atom. The first-order valence-electron chi connectivity index (χ1n) is 7.05. The van der Waals surface area contributed by atoms with E-state index in [1.165, 1.54) is 0 Å². The second kappa shape index (κ2) is 6.31. The van der Waals surface area contributed by atoms with E-state index in [1.54, 1.807) is 0 Å². The zero-order valence-corrected chi connectivity index (χ0v) is 11.7. The first-order valence-corrected chi connectivity index (χ1v) is 7.05. The van der Waals surface area contributed by atoms with Gasteiger partial charge in [-0.05, 0) is 36.2 Å². The number of para-hydroxylation sites is 1. The molecule has 0 bridgehead atoms. The molecule has 0 radical (unpaired) electrons. The molecule has 0 saturated heterocycles. The number of aryl methyl sites for hydroxylation is 1. The van der Waals surface area contributed by atoms with Crippen LogP contribution in [0.4, 0.5) is 5.69 Å². The van der Waals surface area contributed by atoms with Crippen molar-refractivity contribution in [1.82, 2.24) is 0 Å². The van der Waals surface area contributed by atoms with E-state index in [-0.39, 0.29) is 5.91 Å². The molecule has 1 aliphatic rings. The lowest BCUT2D eigenvalue weighted by Gasteiger charge is -2.18. The summed E-state index contributed by atoms with van der Waals surface area (Å²) in [5.41, 5.74) is 1.90. The molecular weight excluding hydrogens is 266 g/mol. The van der Waals surface area contributed by atoms with Crippen LogP contribution < -0.4 is 14.8 Å². The van der Waals surface area contributed by atoms with E-state index in [9.17, 15) is 4.79 Å². The normalized spacial score (nSPS) is 12.8. The molecule has 108 valence electrons. The maximum absolute atomic E-state index is 11.9. The van der Waals surface area contributed by atoms with E-state index in [4.69, 9.17) is 9.47 Å². The van der Waals surface area contributed by atoms with E-state index in [2.05, 4.69) is 5.32 Å². The lowest BCUT2D eigenvalue weighted by atomic mass is 10.1. The summed E-state index contributed by atoms with van der Waals surface area (Å²) in [6.07, 6.45) is 1.11. The molecule has 1 heterocycles. The Balaban J connectivity index is 1.56. The third-order valence-corrected chi connectivity index (χ3v) is 3.30. The smallest absolute Gasteiger partial charge is 0.224 e. The van der Waals surface area contributed by atoms with E-state index < -0.39 is 0 Å². The van der Waals surface area contributed by atoms with Gasteiger partial charge in [-0.3, -0.25) is 4.79 Å². The molecule has 2 aromatic carbocycles. The highest BCUT2D eigenvalue weighted by atomic mass is 16.6. The third-order valence-electron chi connectivity index (χ3n) is 3.30. The number of hydrogen-bond acceptors (Lipinski definition) is 3. The summed E-state index contributed by atoms with van der Waals surface area (Å²) in [6, 6.07) is 15.3. The number of anilines is 1. The number of carbonyl (C=O) groups is 1. The average molecular weight is 283 g/mol. The van der Waals surface area contributed by atoms with Gasteiger partial charge < -0.3 is 14.8 Å². The van der Waals surface area contributed by atoms with Crippen molar-refractivity contribution in [3.8, 4) is 11.5 Å². The average Bonchev–Trinajstić information content (AvgIpc) is 2.54. The number of hydrogen-bond donors (Lipinski definition) is 1. The number of amides is 1. The van der Waals surface area contributed by atoms with Crippen LogP contribution in [-0.2, 0) is 11.2 Å². The topological polar surface area (TPSA) is 47.6 Å². The summed E-state index contributed by atoms with van der Waals surface area (Å²) >= 11 is 0. The number of ether oxygens (including phenoxy) is 2. The number of nitrogens with one attached hydrogen (secondary N) is 1. The van der Waals surface area contributed by atoms with Crippen LogP contribution in [0.1, 0.15) is 12.0 Å². The molecule has 0 atom stereocenters. The molecule has 3 rings (SSSR count). The Morgan fingerprint density at radius 3 is 2.57 bits per heavy atom. The van der Waals surface area contributed by atoms with Crippen molar-refractivity contribution in [1.29, 1.82) is 0 Å². The second-order valence-electron chi connectivity index (χ2n) is 4.89.